The van der Waals surface area contributed by atoms with Gasteiger partial charge in [0.25, 0.3) is 5.91 Å². The summed E-state index contributed by atoms with van der Waals surface area (Å²) >= 11 is 1.11. The fourth-order valence-corrected chi connectivity index (χ4v) is 3.22. The van der Waals surface area contributed by atoms with E-state index in [9.17, 15) is 9.59 Å². The van der Waals surface area contributed by atoms with Crippen LogP contribution in [0.4, 0.5) is 5.00 Å². The smallest absolute Gasteiger partial charge is 0.348 e. The number of carbonyl (C=O) groups is 2. The minimum Gasteiger partial charge on any atom is -0.459 e. The molecule has 7 nitrogen and oxygen atoms in total. The number of nitrogens with zero attached hydrogens (tertiary/aromatic N) is 1. The van der Waals surface area contributed by atoms with Gasteiger partial charge in [0.1, 0.15) is 17.2 Å². The molecule has 0 saturated heterocycles. The van der Waals surface area contributed by atoms with E-state index in [0.717, 1.165) is 16.9 Å². The van der Waals surface area contributed by atoms with E-state index in [4.69, 9.17) is 13.7 Å². The molecule has 140 valence electrons. The van der Waals surface area contributed by atoms with Crippen LogP contribution in [0.15, 0.2) is 75.9 Å². The Balaban J connectivity index is 1.34. The van der Waals surface area contributed by atoms with E-state index < -0.39 is 5.97 Å². The topological polar surface area (TPSA) is 94.6 Å². The van der Waals surface area contributed by atoms with Crippen LogP contribution >= 0.6 is 11.3 Å². The first kappa shape index (κ1) is 17.7. The molecule has 1 N–H and O–H groups in total. The van der Waals surface area contributed by atoms with Crippen molar-refractivity contribution in [3.63, 3.8) is 0 Å². The van der Waals surface area contributed by atoms with Gasteiger partial charge in [0.2, 0.25) is 0 Å². The summed E-state index contributed by atoms with van der Waals surface area (Å²) in [7, 11) is 0. The molecule has 0 radical (unpaired) electrons. The molecule has 4 rings (SSSR count). The van der Waals surface area contributed by atoms with Gasteiger partial charge >= 0.3 is 5.97 Å². The van der Waals surface area contributed by atoms with E-state index in [-0.39, 0.29) is 18.3 Å². The van der Waals surface area contributed by atoms with Crippen molar-refractivity contribution in [3.05, 3.63) is 83.3 Å². The number of ether oxygens (including phenoxy) is 1. The monoisotopic (exact) mass is 394 g/mol. The Bertz CT molecular complexity index is 1080. The lowest BCUT2D eigenvalue weighted by Crippen LogP contribution is -2.09. The van der Waals surface area contributed by atoms with Crippen LogP contribution in [0.3, 0.4) is 0 Å². The molecule has 0 aliphatic heterocycles. The highest BCUT2D eigenvalue weighted by atomic mass is 32.1. The van der Waals surface area contributed by atoms with Crippen LogP contribution in [0, 0.1) is 0 Å². The number of hydrogen-bond donors (Lipinski definition) is 1. The van der Waals surface area contributed by atoms with E-state index in [1.165, 1.54) is 6.26 Å². The number of furan rings is 1. The van der Waals surface area contributed by atoms with Gasteiger partial charge < -0.3 is 19.0 Å². The predicted molar refractivity (Wildman–Crippen MR) is 102 cm³/mol. The summed E-state index contributed by atoms with van der Waals surface area (Å²) < 4.78 is 15.6. The molecule has 0 fully saturated rings. The molecule has 3 heterocycles. The molecule has 0 bridgehead atoms. The van der Waals surface area contributed by atoms with Crippen molar-refractivity contribution in [2.45, 2.75) is 6.61 Å². The zero-order valence-corrected chi connectivity index (χ0v) is 15.3. The van der Waals surface area contributed by atoms with Gasteiger partial charge in [-0.25, -0.2) is 4.79 Å². The number of hydrogen-bond acceptors (Lipinski definition) is 7. The molecular weight excluding hydrogens is 380 g/mol. The summed E-state index contributed by atoms with van der Waals surface area (Å²) in [6.07, 6.45) is 1.42. The maximum atomic E-state index is 12.2. The lowest BCUT2D eigenvalue weighted by Gasteiger charge is -2.00. The molecule has 28 heavy (non-hydrogen) atoms. The first-order valence-corrected chi connectivity index (χ1v) is 9.13. The molecule has 0 spiro atoms. The average molecular weight is 394 g/mol. The van der Waals surface area contributed by atoms with E-state index in [0.29, 0.717) is 21.3 Å². The molecule has 1 aromatic carbocycles. The third-order valence-corrected chi connectivity index (χ3v) is 4.74. The second-order valence-corrected chi connectivity index (χ2v) is 6.80. The van der Waals surface area contributed by atoms with Gasteiger partial charge in [0, 0.05) is 11.6 Å². The van der Waals surface area contributed by atoms with Crippen molar-refractivity contribution in [3.8, 4) is 11.3 Å². The average Bonchev–Trinajstić information content (AvgIpc) is 3.48. The number of thiophene rings is 1. The van der Waals surface area contributed by atoms with Crippen molar-refractivity contribution >= 4 is 28.2 Å². The van der Waals surface area contributed by atoms with Crippen LogP contribution in [0.1, 0.15) is 25.9 Å². The Labute approximate surface area is 163 Å². The molecule has 0 aliphatic carbocycles. The third-order valence-electron chi connectivity index (χ3n) is 3.76. The van der Waals surface area contributed by atoms with Gasteiger partial charge in [0.15, 0.2) is 11.5 Å². The zero-order valence-electron chi connectivity index (χ0n) is 14.5. The van der Waals surface area contributed by atoms with Gasteiger partial charge in [-0.2, -0.15) is 0 Å². The number of rotatable bonds is 6. The minimum atomic E-state index is -0.507. The number of anilines is 1. The quantitative estimate of drug-likeness (QED) is 0.480. The Hall–Kier alpha value is -3.65. The van der Waals surface area contributed by atoms with Crippen molar-refractivity contribution in [2.75, 3.05) is 5.32 Å². The number of aromatic nitrogens is 1. The fourth-order valence-electron chi connectivity index (χ4n) is 2.42. The first-order valence-electron chi connectivity index (χ1n) is 8.32. The second-order valence-electron chi connectivity index (χ2n) is 5.72. The maximum absolute atomic E-state index is 12.2. The summed E-state index contributed by atoms with van der Waals surface area (Å²) in [6, 6.07) is 17.6. The number of carbonyl (C=O) groups excluding carboxylic acids is 2. The molecular formula is C20H14N2O5S. The van der Waals surface area contributed by atoms with Crippen molar-refractivity contribution in [1.29, 1.82) is 0 Å². The maximum Gasteiger partial charge on any atom is 0.348 e. The molecule has 0 saturated carbocycles. The summed E-state index contributed by atoms with van der Waals surface area (Å²) in [6.45, 7) is -0.0127. The zero-order chi connectivity index (χ0) is 19.3. The van der Waals surface area contributed by atoms with Crippen LogP contribution in [0.2, 0.25) is 0 Å². The van der Waals surface area contributed by atoms with Gasteiger partial charge in [-0.15, -0.1) is 11.3 Å². The molecule has 8 heteroatoms. The van der Waals surface area contributed by atoms with E-state index in [1.807, 2.05) is 30.3 Å². The second kappa shape index (κ2) is 7.93. The number of amides is 1. The van der Waals surface area contributed by atoms with Gasteiger partial charge in [-0.3, -0.25) is 4.79 Å². The Morgan fingerprint density at radius 3 is 2.71 bits per heavy atom. The SMILES string of the molecule is O=C(Nc1ccc(C(=O)OCc2cc(-c3ccccc3)on2)s1)c1ccco1. The molecule has 0 atom stereocenters. The molecule has 3 aromatic heterocycles. The molecule has 1 amide bonds. The third kappa shape index (κ3) is 4.02. The van der Waals surface area contributed by atoms with Gasteiger partial charge in [-0.1, -0.05) is 35.5 Å². The van der Waals surface area contributed by atoms with Crippen LogP contribution in [-0.2, 0) is 11.3 Å². The van der Waals surface area contributed by atoms with Gasteiger partial charge in [-0.05, 0) is 24.3 Å². The lowest BCUT2D eigenvalue weighted by atomic mass is 10.2. The van der Waals surface area contributed by atoms with Crippen LogP contribution in [-0.4, -0.2) is 17.0 Å². The van der Waals surface area contributed by atoms with Crippen molar-refractivity contribution in [1.82, 2.24) is 5.16 Å². The highest BCUT2D eigenvalue weighted by Crippen LogP contribution is 2.24. The fraction of sp³-hybridized carbons (Fsp3) is 0.0500. The Kier molecular flexibility index (Phi) is 5.03. The summed E-state index contributed by atoms with van der Waals surface area (Å²) in [4.78, 5) is 24.5. The normalized spacial score (nSPS) is 10.6. The number of nitrogens with one attached hydrogen (secondary N) is 1. The van der Waals surface area contributed by atoms with Crippen LogP contribution in [0.5, 0.6) is 0 Å². The van der Waals surface area contributed by atoms with E-state index in [2.05, 4.69) is 10.5 Å². The van der Waals surface area contributed by atoms with Crippen molar-refractivity contribution in [2.24, 2.45) is 0 Å². The van der Waals surface area contributed by atoms with E-state index >= 15 is 0 Å². The number of benzene rings is 1. The Morgan fingerprint density at radius 2 is 1.93 bits per heavy atom. The summed E-state index contributed by atoms with van der Waals surface area (Å²) in [5.41, 5.74) is 1.40. The highest BCUT2D eigenvalue weighted by molar-refractivity contribution is 7.18. The van der Waals surface area contributed by atoms with Crippen molar-refractivity contribution < 1.29 is 23.3 Å². The highest BCUT2D eigenvalue weighted by Gasteiger charge is 2.15. The number of esters is 1. The van der Waals surface area contributed by atoms with E-state index in [1.54, 1.807) is 30.3 Å². The largest absolute Gasteiger partial charge is 0.459 e. The van der Waals surface area contributed by atoms with Crippen LogP contribution < -0.4 is 5.32 Å². The Morgan fingerprint density at radius 1 is 1.07 bits per heavy atom. The standard InChI is InChI=1S/C20H14N2O5S/c23-19(15-7-4-10-25-15)21-18-9-8-17(28-18)20(24)26-12-14-11-16(27-22-14)13-5-2-1-3-6-13/h1-11H,12H2,(H,21,23). The first-order chi connectivity index (χ1) is 13.7. The predicted octanol–water partition coefficient (Wildman–Crippen LogP) is 4.61. The minimum absolute atomic E-state index is 0.0127. The summed E-state index contributed by atoms with van der Waals surface area (Å²) in [5, 5.41) is 7.10. The van der Waals surface area contributed by atoms with Gasteiger partial charge in [0.05, 0.1) is 11.3 Å². The molecule has 0 aliphatic rings. The lowest BCUT2D eigenvalue weighted by molar-refractivity contribution is 0.0470. The summed E-state index contributed by atoms with van der Waals surface area (Å²) in [5.74, 6) is -0.0981. The molecule has 0 unspecified atom stereocenters. The molecule has 4 aromatic rings. The van der Waals surface area contributed by atoms with Crippen LogP contribution in [0.25, 0.3) is 11.3 Å².